The van der Waals surface area contributed by atoms with Gasteiger partial charge in [0, 0.05) is 4.47 Å². The van der Waals surface area contributed by atoms with Crippen molar-refractivity contribution in [2.24, 2.45) is 5.92 Å². The van der Waals surface area contributed by atoms with Crippen molar-refractivity contribution in [3.63, 3.8) is 0 Å². The maximum atomic E-state index is 12.7. The number of nitrogens with one attached hydrogen (secondary N) is 3. The Kier molecular flexibility index (Phi) is 4.76. The van der Waals surface area contributed by atoms with E-state index in [0.717, 1.165) is 5.56 Å². The maximum absolute atomic E-state index is 12.7. The zero-order chi connectivity index (χ0) is 19.1. The zero-order valence-corrected chi connectivity index (χ0v) is 16.4. The van der Waals surface area contributed by atoms with Gasteiger partial charge < -0.3 is 10.6 Å². The third-order valence-corrected chi connectivity index (χ3v) is 5.99. The van der Waals surface area contributed by atoms with Gasteiger partial charge in [-0.15, -0.1) is 0 Å². The summed E-state index contributed by atoms with van der Waals surface area (Å²) in [7, 11) is -3.88. The maximum Gasteiger partial charge on any atom is 0.262 e. The molecule has 0 radical (unpaired) electrons. The number of amides is 2. The normalized spacial score (nSPS) is 17.0. The average Bonchev–Trinajstić information content (AvgIpc) is 2.67. The number of aryl methyl sites for hydroxylation is 1. The number of hydrogen-bond acceptors (Lipinski definition) is 4. The quantitative estimate of drug-likeness (QED) is 0.641. The molecule has 1 heterocycles. The van der Waals surface area contributed by atoms with Crippen LogP contribution in [0.2, 0.25) is 0 Å². The van der Waals surface area contributed by atoms with Gasteiger partial charge in [-0.3, -0.25) is 14.3 Å². The highest BCUT2D eigenvalue weighted by Crippen LogP contribution is 2.31. The van der Waals surface area contributed by atoms with Crippen molar-refractivity contribution in [3.05, 3.63) is 46.4 Å². The Morgan fingerprint density at radius 3 is 2.31 bits per heavy atom. The van der Waals surface area contributed by atoms with Gasteiger partial charge in [0.25, 0.3) is 10.0 Å². The molecule has 0 fully saturated rings. The Bertz CT molecular complexity index is 1020. The van der Waals surface area contributed by atoms with Gasteiger partial charge in [-0.1, -0.05) is 6.07 Å². The summed E-state index contributed by atoms with van der Waals surface area (Å²) < 4.78 is 28.5. The lowest BCUT2D eigenvalue weighted by atomic mass is 10.1. The summed E-state index contributed by atoms with van der Waals surface area (Å²) in [5.74, 6) is -1.81. The number of halogens is 1. The smallest absolute Gasteiger partial charge is 0.262 e. The third kappa shape index (κ3) is 3.58. The van der Waals surface area contributed by atoms with E-state index in [1.807, 2.05) is 6.92 Å². The topological polar surface area (TPSA) is 104 Å². The van der Waals surface area contributed by atoms with Crippen LogP contribution in [0.25, 0.3) is 0 Å². The molecule has 0 aromatic heterocycles. The molecule has 0 saturated heterocycles. The van der Waals surface area contributed by atoms with Crippen LogP contribution in [0.15, 0.2) is 45.8 Å². The molecule has 0 bridgehead atoms. The van der Waals surface area contributed by atoms with Crippen LogP contribution in [0.4, 0.5) is 17.1 Å². The predicted octanol–water partition coefficient (Wildman–Crippen LogP) is 3.09. The number of carbonyl (C=O) groups is 2. The molecular formula is C17H16BrN3O4S. The lowest BCUT2D eigenvalue weighted by Crippen LogP contribution is -2.28. The van der Waals surface area contributed by atoms with Crippen LogP contribution < -0.4 is 15.4 Å². The monoisotopic (exact) mass is 437 g/mol. The summed E-state index contributed by atoms with van der Waals surface area (Å²) in [6.45, 7) is 3.37. The molecule has 3 N–H and O–H groups in total. The lowest BCUT2D eigenvalue weighted by molar-refractivity contribution is -0.128. The summed E-state index contributed by atoms with van der Waals surface area (Å²) in [4.78, 5) is 23.8. The van der Waals surface area contributed by atoms with Crippen molar-refractivity contribution in [1.82, 2.24) is 0 Å². The summed E-state index contributed by atoms with van der Waals surface area (Å²) >= 11 is 3.33. The first-order valence-corrected chi connectivity index (χ1v) is 10.00. The van der Waals surface area contributed by atoms with Crippen LogP contribution in [0, 0.1) is 12.8 Å². The van der Waals surface area contributed by atoms with Gasteiger partial charge >= 0.3 is 0 Å². The molecule has 1 aliphatic heterocycles. The van der Waals surface area contributed by atoms with E-state index in [0.29, 0.717) is 15.8 Å². The van der Waals surface area contributed by atoms with Crippen molar-refractivity contribution in [2.75, 3.05) is 15.4 Å². The standard InChI is InChI=1S/C17H16BrN3O4S/c1-9-3-5-13(12(18)7-9)21-26(24,25)11-4-6-14-15(8-11)20-17(23)10(2)16(22)19-14/h3-8,10,21H,1-2H3,(H,19,22)(H,20,23)/t10-/m1/s1. The molecule has 2 aromatic rings. The molecule has 1 atom stereocenters. The highest BCUT2D eigenvalue weighted by atomic mass is 79.9. The van der Waals surface area contributed by atoms with E-state index in [1.54, 1.807) is 18.2 Å². The minimum Gasteiger partial charge on any atom is -0.324 e. The van der Waals surface area contributed by atoms with E-state index in [4.69, 9.17) is 0 Å². The molecule has 7 nitrogen and oxygen atoms in total. The van der Waals surface area contributed by atoms with E-state index in [2.05, 4.69) is 31.3 Å². The average molecular weight is 438 g/mol. The minimum absolute atomic E-state index is 0.0344. The van der Waals surface area contributed by atoms with E-state index in [1.165, 1.54) is 25.1 Å². The predicted molar refractivity (Wildman–Crippen MR) is 103 cm³/mol. The first-order chi connectivity index (χ1) is 12.2. The van der Waals surface area contributed by atoms with Crippen LogP contribution in [0.5, 0.6) is 0 Å². The number of sulfonamides is 1. The van der Waals surface area contributed by atoms with Gasteiger partial charge in [-0.05, 0) is 65.7 Å². The fraction of sp³-hybridized carbons (Fsp3) is 0.176. The Labute approximate surface area is 159 Å². The van der Waals surface area contributed by atoms with E-state index < -0.39 is 27.8 Å². The Balaban J connectivity index is 1.96. The highest BCUT2D eigenvalue weighted by Gasteiger charge is 2.28. The van der Waals surface area contributed by atoms with Crippen molar-refractivity contribution < 1.29 is 18.0 Å². The van der Waals surface area contributed by atoms with Crippen LogP contribution in [0.3, 0.4) is 0 Å². The molecule has 26 heavy (non-hydrogen) atoms. The molecule has 3 rings (SSSR count). The molecule has 0 aliphatic carbocycles. The van der Waals surface area contributed by atoms with Gasteiger partial charge in [-0.25, -0.2) is 8.42 Å². The molecular weight excluding hydrogens is 422 g/mol. The van der Waals surface area contributed by atoms with Crippen LogP contribution in [-0.4, -0.2) is 20.2 Å². The SMILES string of the molecule is Cc1ccc(NS(=O)(=O)c2ccc3c(c2)NC(=O)[C@H](C)C(=O)N3)c(Br)c1. The second kappa shape index (κ2) is 6.73. The zero-order valence-electron chi connectivity index (χ0n) is 14.0. The minimum atomic E-state index is -3.88. The summed E-state index contributed by atoms with van der Waals surface area (Å²) in [6.07, 6.45) is 0. The molecule has 0 spiro atoms. The summed E-state index contributed by atoms with van der Waals surface area (Å²) in [5.41, 5.74) is 1.97. The third-order valence-electron chi connectivity index (χ3n) is 3.97. The summed E-state index contributed by atoms with van der Waals surface area (Å²) in [5, 5.41) is 5.18. The largest absolute Gasteiger partial charge is 0.324 e. The number of hydrogen-bond donors (Lipinski definition) is 3. The van der Waals surface area contributed by atoms with Gasteiger partial charge in [-0.2, -0.15) is 0 Å². The van der Waals surface area contributed by atoms with Crippen molar-refractivity contribution in [3.8, 4) is 0 Å². The van der Waals surface area contributed by atoms with E-state index in [9.17, 15) is 18.0 Å². The molecule has 1 aliphatic rings. The number of fused-ring (bicyclic) bond motifs is 1. The van der Waals surface area contributed by atoms with E-state index >= 15 is 0 Å². The molecule has 0 unspecified atom stereocenters. The molecule has 9 heteroatoms. The number of carbonyl (C=O) groups excluding carboxylic acids is 2. The fourth-order valence-corrected chi connectivity index (χ4v) is 4.24. The number of anilines is 3. The highest BCUT2D eigenvalue weighted by molar-refractivity contribution is 9.10. The second-order valence-electron chi connectivity index (χ2n) is 6.00. The van der Waals surface area contributed by atoms with Crippen LogP contribution in [-0.2, 0) is 19.6 Å². The molecule has 136 valence electrons. The number of rotatable bonds is 3. The Morgan fingerprint density at radius 2 is 1.65 bits per heavy atom. The van der Waals surface area contributed by atoms with Crippen molar-refractivity contribution in [1.29, 1.82) is 0 Å². The fourth-order valence-electron chi connectivity index (χ4n) is 2.41. The van der Waals surface area contributed by atoms with Crippen LogP contribution >= 0.6 is 15.9 Å². The first-order valence-electron chi connectivity index (χ1n) is 7.72. The first kappa shape index (κ1) is 18.4. The van der Waals surface area contributed by atoms with Crippen LogP contribution in [0.1, 0.15) is 12.5 Å². The van der Waals surface area contributed by atoms with Gasteiger partial charge in [0.15, 0.2) is 0 Å². The molecule has 2 aromatic carbocycles. The van der Waals surface area contributed by atoms with Gasteiger partial charge in [0.1, 0.15) is 5.92 Å². The lowest BCUT2D eigenvalue weighted by Gasteiger charge is -2.13. The van der Waals surface area contributed by atoms with E-state index in [-0.39, 0.29) is 10.6 Å². The Morgan fingerprint density at radius 1 is 1.00 bits per heavy atom. The molecule has 2 amide bonds. The summed E-state index contributed by atoms with van der Waals surface area (Å²) in [6, 6.07) is 9.37. The second-order valence-corrected chi connectivity index (χ2v) is 8.53. The number of benzene rings is 2. The van der Waals surface area contributed by atoms with Gasteiger partial charge in [0.05, 0.1) is 22.0 Å². The Hall–Kier alpha value is -2.39. The van der Waals surface area contributed by atoms with Crippen molar-refractivity contribution in [2.45, 2.75) is 18.7 Å². The molecule has 0 saturated carbocycles. The van der Waals surface area contributed by atoms with Crippen molar-refractivity contribution >= 4 is 54.8 Å². The van der Waals surface area contributed by atoms with Gasteiger partial charge in [0.2, 0.25) is 11.8 Å².